The third-order valence-corrected chi connectivity index (χ3v) is 2.57. The second-order valence-corrected chi connectivity index (χ2v) is 3.95. The fourth-order valence-corrected chi connectivity index (χ4v) is 1.98. The molecule has 1 saturated carbocycles. The predicted octanol–water partition coefficient (Wildman–Crippen LogP) is 1.36. The second-order valence-electron chi connectivity index (χ2n) is 3.95. The summed E-state index contributed by atoms with van der Waals surface area (Å²) in [5, 5.41) is 9.72. The monoisotopic (exact) mass is 158 g/mol. The zero-order valence-electron chi connectivity index (χ0n) is 6.80. The highest BCUT2D eigenvalue weighted by atomic mass is 17.2. The number of fused-ring (bicyclic) bond motifs is 2. The first-order chi connectivity index (χ1) is 5.12. The standard InChI is InChI=1S/C8H14O3/c1-7-4-2-3-5-8(9,6-7)11-10-7/h9H,2-6H2,1H3. The molecule has 2 rings (SSSR count). The quantitative estimate of drug-likeness (QED) is 0.541. The Morgan fingerprint density at radius 3 is 2.73 bits per heavy atom. The molecule has 3 heteroatoms. The molecule has 11 heavy (non-hydrogen) atoms. The van der Waals surface area contributed by atoms with Gasteiger partial charge < -0.3 is 5.11 Å². The van der Waals surface area contributed by atoms with Gasteiger partial charge in [-0.2, -0.15) is 0 Å². The molecule has 1 heterocycles. The summed E-state index contributed by atoms with van der Waals surface area (Å²) >= 11 is 0. The van der Waals surface area contributed by atoms with E-state index in [1.54, 1.807) is 0 Å². The van der Waals surface area contributed by atoms with Crippen molar-refractivity contribution in [3.8, 4) is 0 Å². The van der Waals surface area contributed by atoms with Crippen LogP contribution in [0.4, 0.5) is 0 Å². The second kappa shape index (κ2) is 2.19. The van der Waals surface area contributed by atoms with Crippen molar-refractivity contribution in [3.05, 3.63) is 0 Å². The lowest BCUT2D eigenvalue weighted by Gasteiger charge is -2.18. The molecule has 1 saturated heterocycles. The maximum absolute atomic E-state index is 9.72. The van der Waals surface area contributed by atoms with E-state index in [2.05, 4.69) is 0 Å². The van der Waals surface area contributed by atoms with E-state index in [1.807, 2.05) is 6.92 Å². The Hall–Kier alpha value is -0.120. The van der Waals surface area contributed by atoms with Gasteiger partial charge in [0.2, 0.25) is 5.79 Å². The average molecular weight is 158 g/mol. The summed E-state index contributed by atoms with van der Waals surface area (Å²) in [4.78, 5) is 10.0. The Bertz CT molecular complexity index is 145. The van der Waals surface area contributed by atoms with Crippen LogP contribution < -0.4 is 0 Å². The van der Waals surface area contributed by atoms with Crippen molar-refractivity contribution in [2.45, 2.75) is 50.4 Å². The van der Waals surface area contributed by atoms with Gasteiger partial charge in [0.15, 0.2) is 0 Å². The molecule has 2 atom stereocenters. The van der Waals surface area contributed by atoms with Crippen LogP contribution in [0.25, 0.3) is 0 Å². The highest BCUT2D eigenvalue weighted by molar-refractivity contribution is 4.88. The van der Waals surface area contributed by atoms with Crippen LogP contribution in [0.15, 0.2) is 0 Å². The van der Waals surface area contributed by atoms with E-state index >= 15 is 0 Å². The maximum atomic E-state index is 9.72. The van der Waals surface area contributed by atoms with Gasteiger partial charge in [0, 0.05) is 12.8 Å². The molecule has 0 spiro atoms. The van der Waals surface area contributed by atoms with Gasteiger partial charge in [0.05, 0.1) is 0 Å². The Morgan fingerprint density at radius 1 is 1.18 bits per heavy atom. The normalized spacial score (nSPS) is 50.7. The topological polar surface area (TPSA) is 38.7 Å². The van der Waals surface area contributed by atoms with E-state index in [4.69, 9.17) is 9.78 Å². The number of rotatable bonds is 0. The number of aliphatic hydroxyl groups is 1. The SMILES string of the molecule is CC12CCCCC(O)(C1)OO2. The van der Waals surface area contributed by atoms with Gasteiger partial charge in [-0.25, -0.2) is 9.78 Å². The largest absolute Gasteiger partial charge is 0.363 e. The van der Waals surface area contributed by atoms with Crippen LogP contribution in [-0.4, -0.2) is 16.5 Å². The Kier molecular flexibility index (Phi) is 1.50. The molecule has 0 aromatic heterocycles. The molecule has 1 aliphatic carbocycles. The van der Waals surface area contributed by atoms with Crippen molar-refractivity contribution >= 4 is 0 Å². The maximum Gasteiger partial charge on any atom is 0.202 e. The summed E-state index contributed by atoms with van der Waals surface area (Å²) in [6.07, 6.45) is 4.50. The van der Waals surface area contributed by atoms with E-state index in [0.717, 1.165) is 19.3 Å². The summed E-state index contributed by atoms with van der Waals surface area (Å²) in [6, 6.07) is 0. The summed E-state index contributed by atoms with van der Waals surface area (Å²) < 4.78 is 0. The highest BCUT2D eigenvalue weighted by Gasteiger charge is 2.49. The molecule has 3 nitrogen and oxygen atoms in total. The van der Waals surface area contributed by atoms with Gasteiger partial charge in [-0.05, 0) is 19.8 Å². The minimum atomic E-state index is -0.981. The number of hydrogen-bond acceptors (Lipinski definition) is 3. The van der Waals surface area contributed by atoms with Crippen molar-refractivity contribution in [2.24, 2.45) is 0 Å². The van der Waals surface area contributed by atoms with Gasteiger partial charge in [-0.3, -0.25) is 0 Å². The molecule has 0 radical (unpaired) electrons. The zero-order valence-corrected chi connectivity index (χ0v) is 6.80. The molecule has 0 aromatic carbocycles. The molecule has 2 unspecified atom stereocenters. The van der Waals surface area contributed by atoms with Gasteiger partial charge in [0.25, 0.3) is 0 Å². The van der Waals surface area contributed by atoms with Crippen LogP contribution in [0.3, 0.4) is 0 Å². The first kappa shape index (κ1) is 7.53. The van der Waals surface area contributed by atoms with Crippen molar-refractivity contribution in [3.63, 3.8) is 0 Å². The summed E-state index contributed by atoms with van der Waals surface area (Å²) in [5.41, 5.74) is -0.231. The Balaban J connectivity index is 2.18. The highest BCUT2D eigenvalue weighted by Crippen LogP contribution is 2.43. The van der Waals surface area contributed by atoms with Crippen molar-refractivity contribution in [1.29, 1.82) is 0 Å². The van der Waals surface area contributed by atoms with Crippen molar-refractivity contribution < 1.29 is 14.9 Å². The molecule has 2 fully saturated rings. The van der Waals surface area contributed by atoms with E-state index in [-0.39, 0.29) is 5.60 Å². The lowest BCUT2D eigenvalue weighted by Crippen LogP contribution is -2.28. The van der Waals surface area contributed by atoms with Gasteiger partial charge in [0.1, 0.15) is 5.60 Å². The lowest BCUT2D eigenvalue weighted by molar-refractivity contribution is -0.397. The van der Waals surface area contributed by atoms with Gasteiger partial charge >= 0.3 is 0 Å². The van der Waals surface area contributed by atoms with Crippen LogP contribution in [0.1, 0.15) is 39.0 Å². The molecular formula is C8H14O3. The van der Waals surface area contributed by atoms with E-state index in [0.29, 0.717) is 12.8 Å². The average Bonchev–Trinajstić information content (AvgIpc) is 2.11. The van der Waals surface area contributed by atoms with Crippen LogP contribution in [0.2, 0.25) is 0 Å². The van der Waals surface area contributed by atoms with Gasteiger partial charge in [-0.15, -0.1) is 0 Å². The van der Waals surface area contributed by atoms with E-state index in [1.165, 1.54) is 0 Å². The molecule has 0 amide bonds. The molecular weight excluding hydrogens is 144 g/mol. The van der Waals surface area contributed by atoms with E-state index in [9.17, 15) is 5.11 Å². The Morgan fingerprint density at radius 2 is 1.91 bits per heavy atom. The minimum absolute atomic E-state index is 0.231. The predicted molar refractivity (Wildman–Crippen MR) is 38.6 cm³/mol. The minimum Gasteiger partial charge on any atom is -0.363 e. The first-order valence-electron chi connectivity index (χ1n) is 4.21. The fourth-order valence-electron chi connectivity index (χ4n) is 1.98. The van der Waals surface area contributed by atoms with Crippen LogP contribution >= 0.6 is 0 Å². The lowest BCUT2D eigenvalue weighted by atomic mass is 9.95. The van der Waals surface area contributed by atoms with E-state index < -0.39 is 5.79 Å². The smallest absolute Gasteiger partial charge is 0.202 e. The fraction of sp³-hybridized carbons (Fsp3) is 1.00. The summed E-state index contributed by atoms with van der Waals surface area (Å²) in [5.74, 6) is -0.981. The third kappa shape index (κ3) is 1.28. The Labute approximate surface area is 66.2 Å². The zero-order chi connectivity index (χ0) is 7.95. The molecule has 2 bridgehead atoms. The van der Waals surface area contributed by atoms with Crippen LogP contribution in [-0.2, 0) is 9.78 Å². The van der Waals surface area contributed by atoms with Crippen molar-refractivity contribution in [2.75, 3.05) is 0 Å². The van der Waals surface area contributed by atoms with Gasteiger partial charge in [-0.1, -0.05) is 6.42 Å². The van der Waals surface area contributed by atoms with Crippen LogP contribution in [0.5, 0.6) is 0 Å². The molecule has 2 aliphatic rings. The molecule has 0 aromatic rings. The summed E-state index contributed by atoms with van der Waals surface area (Å²) in [7, 11) is 0. The molecule has 1 aliphatic heterocycles. The summed E-state index contributed by atoms with van der Waals surface area (Å²) in [6.45, 7) is 2.00. The number of hydrogen-bond donors (Lipinski definition) is 1. The van der Waals surface area contributed by atoms with Crippen molar-refractivity contribution in [1.82, 2.24) is 0 Å². The van der Waals surface area contributed by atoms with Crippen LogP contribution in [0, 0.1) is 0 Å². The molecule has 1 N–H and O–H groups in total. The third-order valence-electron chi connectivity index (χ3n) is 2.57. The molecule has 64 valence electrons. The first-order valence-corrected chi connectivity index (χ1v) is 4.21.